The van der Waals surface area contributed by atoms with Crippen molar-refractivity contribution in [1.82, 2.24) is 10.3 Å². The summed E-state index contributed by atoms with van der Waals surface area (Å²) < 4.78 is 0. The maximum Gasteiger partial charge on any atom is 0.136 e. The van der Waals surface area contributed by atoms with Crippen LogP contribution in [0, 0.1) is 5.92 Å². The number of nitrogens with zero attached hydrogens (tertiary/aromatic N) is 2. The van der Waals surface area contributed by atoms with Crippen LogP contribution in [0.1, 0.15) is 32.8 Å². The molecule has 0 radical (unpaired) electrons. The van der Waals surface area contributed by atoms with Crippen LogP contribution in [-0.2, 0) is 6.54 Å². The first-order valence-corrected chi connectivity index (χ1v) is 7.95. The molecule has 0 spiro atoms. The molecule has 0 aliphatic rings. The van der Waals surface area contributed by atoms with Crippen LogP contribution >= 0.6 is 0 Å². The van der Waals surface area contributed by atoms with Gasteiger partial charge in [0.25, 0.3) is 0 Å². The molecule has 0 fully saturated rings. The number of fused-ring (bicyclic) bond motifs is 1. The van der Waals surface area contributed by atoms with Gasteiger partial charge < -0.3 is 10.2 Å². The highest BCUT2D eigenvalue weighted by molar-refractivity contribution is 5.94. The quantitative estimate of drug-likeness (QED) is 0.838. The lowest BCUT2D eigenvalue weighted by molar-refractivity contribution is 0.558. The van der Waals surface area contributed by atoms with E-state index >= 15 is 0 Å². The highest BCUT2D eigenvalue weighted by atomic mass is 15.2. The summed E-state index contributed by atoms with van der Waals surface area (Å²) >= 11 is 0. The minimum Gasteiger partial charge on any atom is -0.359 e. The van der Waals surface area contributed by atoms with E-state index in [1.807, 2.05) is 6.20 Å². The van der Waals surface area contributed by atoms with Crippen molar-refractivity contribution in [3.63, 3.8) is 0 Å². The summed E-state index contributed by atoms with van der Waals surface area (Å²) in [6, 6.07) is 8.59. The Morgan fingerprint density at radius 1 is 1.19 bits per heavy atom. The lowest BCUT2D eigenvalue weighted by Crippen LogP contribution is -2.25. The number of rotatable bonds is 7. The van der Waals surface area contributed by atoms with Gasteiger partial charge in [0, 0.05) is 31.7 Å². The Morgan fingerprint density at radius 2 is 1.90 bits per heavy atom. The van der Waals surface area contributed by atoms with Crippen LogP contribution in [-0.4, -0.2) is 25.1 Å². The van der Waals surface area contributed by atoms with Crippen LogP contribution in [0.25, 0.3) is 10.8 Å². The van der Waals surface area contributed by atoms with Gasteiger partial charge in [-0.2, -0.15) is 0 Å². The minimum atomic E-state index is 0.678. The number of hydrogen-bond acceptors (Lipinski definition) is 3. The maximum atomic E-state index is 4.73. The zero-order valence-corrected chi connectivity index (χ0v) is 13.7. The smallest absolute Gasteiger partial charge is 0.136 e. The topological polar surface area (TPSA) is 28.2 Å². The first-order chi connectivity index (χ1) is 10.2. The molecular weight excluding hydrogens is 258 g/mol. The molecule has 0 amide bonds. The summed E-state index contributed by atoms with van der Waals surface area (Å²) in [5, 5.41) is 5.95. The van der Waals surface area contributed by atoms with Crippen molar-refractivity contribution in [1.29, 1.82) is 0 Å². The molecule has 2 aromatic rings. The minimum absolute atomic E-state index is 0.678. The Balaban J connectivity index is 2.37. The molecule has 21 heavy (non-hydrogen) atoms. The molecule has 1 heterocycles. The fourth-order valence-corrected chi connectivity index (χ4v) is 2.62. The van der Waals surface area contributed by atoms with Crippen LogP contribution in [0.2, 0.25) is 0 Å². The predicted molar refractivity (Wildman–Crippen MR) is 91.8 cm³/mol. The number of hydrogen-bond donors (Lipinski definition) is 1. The van der Waals surface area contributed by atoms with Crippen molar-refractivity contribution < 1.29 is 0 Å². The molecule has 1 aromatic carbocycles. The lowest BCUT2D eigenvalue weighted by Gasteiger charge is -2.23. The Hall–Kier alpha value is -1.61. The predicted octanol–water partition coefficient (Wildman–Crippen LogP) is 3.83. The van der Waals surface area contributed by atoms with E-state index in [1.54, 1.807) is 0 Å². The van der Waals surface area contributed by atoms with Crippen molar-refractivity contribution in [3.05, 3.63) is 36.0 Å². The van der Waals surface area contributed by atoms with Gasteiger partial charge >= 0.3 is 0 Å². The molecule has 0 bridgehead atoms. The van der Waals surface area contributed by atoms with Gasteiger partial charge in [-0.25, -0.2) is 4.98 Å². The highest BCUT2D eigenvalue weighted by Crippen LogP contribution is 2.27. The van der Waals surface area contributed by atoms with Crippen molar-refractivity contribution in [2.24, 2.45) is 5.92 Å². The third-order valence-corrected chi connectivity index (χ3v) is 4.07. The molecule has 2 rings (SSSR count). The van der Waals surface area contributed by atoms with Gasteiger partial charge in [0.15, 0.2) is 0 Å². The Kier molecular flexibility index (Phi) is 5.57. The van der Waals surface area contributed by atoms with E-state index in [0.29, 0.717) is 5.92 Å². The summed E-state index contributed by atoms with van der Waals surface area (Å²) in [4.78, 5) is 7.02. The van der Waals surface area contributed by atoms with Gasteiger partial charge in [-0.3, -0.25) is 0 Å². The molecule has 0 saturated heterocycles. The summed E-state index contributed by atoms with van der Waals surface area (Å²) in [7, 11) is 2.14. The van der Waals surface area contributed by atoms with E-state index in [2.05, 4.69) is 62.3 Å². The van der Waals surface area contributed by atoms with E-state index in [4.69, 9.17) is 4.98 Å². The first kappa shape index (κ1) is 15.8. The van der Waals surface area contributed by atoms with E-state index in [0.717, 1.165) is 25.5 Å². The average Bonchev–Trinajstić information content (AvgIpc) is 2.52. The van der Waals surface area contributed by atoms with E-state index in [9.17, 15) is 0 Å². The van der Waals surface area contributed by atoms with Gasteiger partial charge in [-0.05, 0) is 23.4 Å². The van der Waals surface area contributed by atoms with E-state index in [1.165, 1.54) is 22.8 Å². The molecule has 3 nitrogen and oxygen atoms in total. The van der Waals surface area contributed by atoms with E-state index < -0.39 is 0 Å². The van der Waals surface area contributed by atoms with Crippen molar-refractivity contribution in [2.75, 3.05) is 25.0 Å². The molecular formula is C18H27N3. The zero-order valence-electron chi connectivity index (χ0n) is 13.7. The van der Waals surface area contributed by atoms with Gasteiger partial charge in [0.1, 0.15) is 5.82 Å². The monoisotopic (exact) mass is 285 g/mol. The number of anilines is 1. The van der Waals surface area contributed by atoms with Crippen LogP contribution < -0.4 is 10.2 Å². The SMILES string of the molecule is CCNCc1cnc(N(C)CC(C)CC)c2ccccc12. The third kappa shape index (κ3) is 3.73. The molecule has 1 atom stereocenters. The second-order valence-electron chi connectivity index (χ2n) is 5.83. The second-order valence-corrected chi connectivity index (χ2v) is 5.83. The molecule has 3 heteroatoms. The summed E-state index contributed by atoms with van der Waals surface area (Å²) in [6.45, 7) is 9.55. The summed E-state index contributed by atoms with van der Waals surface area (Å²) in [6.07, 6.45) is 3.22. The van der Waals surface area contributed by atoms with Crippen molar-refractivity contribution in [3.8, 4) is 0 Å². The van der Waals surface area contributed by atoms with Crippen LogP contribution in [0.15, 0.2) is 30.5 Å². The largest absolute Gasteiger partial charge is 0.359 e. The molecule has 114 valence electrons. The van der Waals surface area contributed by atoms with Gasteiger partial charge in [-0.15, -0.1) is 0 Å². The van der Waals surface area contributed by atoms with Gasteiger partial charge in [0.2, 0.25) is 0 Å². The number of benzene rings is 1. The molecule has 0 aliphatic carbocycles. The van der Waals surface area contributed by atoms with Crippen LogP contribution in [0.3, 0.4) is 0 Å². The number of pyridine rings is 1. The fourth-order valence-electron chi connectivity index (χ4n) is 2.62. The Labute approximate surface area is 128 Å². The Morgan fingerprint density at radius 3 is 2.57 bits per heavy atom. The average molecular weight is 285 g/mol. The van der Waals surface area contributed by atoms with Gasteiger partial charge in [0.05, 0.1) is 0 Å². The zero-order chi connectivity index (χ0) is 15.2. The normalized spacial score (nSPS) is 12.6. The van der Waals surface area contributed by atoms with Crippen molar-refractivity contribution >= 4 is 16.6 Å². The molecule has 0 saturated carbocycles. The van der Waals surface area contributed by atoms with Crippen molar-refractivity contribution in [2.45, 2.75) is 33.7 Å². The summed E-state index contributed by atoms with van der Waals surface area (Å²) in [5.74, 6) is 1.77. The lowest BCUT2D eigenvalue weighted by atomic mass is 10.1. The van der Waals surface area contributed by atoms with Crippen LogP contribution in [0.5, 0.6) is 0 Å². The molecule has 1 unspecified atom stereocenters. The summed E-state index contributed by atoms with van der Waals surface area (Å²) in [5.41, 5.74) is 1.27. The second kappa shape index (κ2) is 7.41. The fraction of sp³-hybridized carbons (Fsp3) is 0.500. The van der Waals surface area contributed by atoms with Crippen LogP contribution in [0.4, 0.5) is 5.82 Å². The number of aromatic nitrogens is 1. The molecule has 0 aliphatic heterocycles. The molecule has 1 N–H and O–H groups in total. The first-order valence-electron chi connectivity index (χ1n) is 7.95. The highest BCUT2D eigenvalue weighted by Gasteiger charge is 2.12. The number of nitrogens with one attached hydrogen (secondary N) is 1. The maximum absolute atomic E-state index is 4.73. The third-order valence-electron chi connectivity index (χ3n) is 4.07. The Bertz CT molecular complexity index is 580. The van der Waals surface area contributed by atoms with E-state index in [-0.39, 0.29) is 0 Å². The standard InChI is InChI=1S/C18H27N3/c1-5-14(3)13-21(4)18-17-10-8-7-9-16(17)15(12-20-18)11-19-6-2/h7-10,12,14,19H,5-6,11,13H2,1-4H3. The molecule has 1 aromatic heterocycles. The van der Waals surface area contributed by atoms with Gasteiger partial charge in [-0.1, -0.05) is 51.5 Å².